The molecule has 16 heteroatoms. The number of nitrogens with one attached hydrogen (secondary N) is 2. The molecule has 6 heterocycles. The second kappa shape index (κ2) is 14.1. The Morgan fingerprint density at radius 2 is 1.91 bits per heavy atom. The third-order valence-corrected chi connectivity index (χ3v) is 12.3. The van der Waals surface area contributed by atoms with E-state index in [0.717, 1.165) is 34.5 Å². The summed E-state index contributed by atoms with van der Waals surface area (Å²) in [6.45, 7) is 1.76. The average molecular weight is 796 g/mol. The number of imide groups is 1. The summed E-state index contributed by atoms with van der Waals surface area (Å²) in [7, 11) is 1.79. The normalized spacial score (nSPS) is 21.3. The Bertz CT molecular complexity index is 2440. The molecule has 0 radical (unpaired) electrons. The Labute approximate surface area is 331 Å². The smallest absolute Gasteiger partial charge is 0.269 e. The highest BCUT2D eigenvalue weighted by molar-refractivity contribution is 6.31. The fourth-order valence-electron chi connectivity index (χ4n) is 8.97. The molecule has 2 atom stereocenters. The Morgan fingerprint density at radius 1 is 1.07 bits per heavy atom. The third-order valence-electron chi connectivity index (χ3n) is 11.9. The fourth-order valence-corrected chi connectivity index (χ4v) is 9.22. The van der Waals surface area contributed by atoms with Crippen molar-refractivity contribution in [3.05, 3.63) is 94.4 Å². The summed E-state index contributed by atoms with van der Waals surface area (Å²) in [5.74, 6) is -3.86. The monoisotopic (exact) mass is 795 g/mol. The number of pyridine rings is 1. The Hall–Kier alpha value is -5.67. The molecule has 0 bridgehead atoms. The van der Waals surface area contributed by atoms with E-state index < -0.39 is 41.6 Å². The summed E-state index contributed by atoms with van der Waals surface area (Å²) in [5.41, 5.74) is 11.3. The van der Waals surface area contributed by atoms with Gasteiger partial charge in [0.15, 0.2) is 11.5 Å². The number of rotatable bonds is 9. The number of amides is 3. The number of halogens is 3. The quantitative estimate of drug-likeness (QED) is 0.154. The number of likely N-dealkylation sites (tertiary alicyclic amines) is 1. The van der Waals surface area contributed by atoms with E-state index in [0.29, 0.717) is 65.8 Å². The fraction of sp³-hybridized carbons (Fsp3) is 0.366. The summed E-state index contributed by atoms with van der Waals surface area (Å²) >= 11 is 6.40. The molecule has 4 aliphatic rings. The molecule has 2 unspecified atom stereocenters. The first-order chi connectivity index (χ1) is 27.4. The second-order valence-corrected chi connectivity index (χ2v) is 15.9. The first-order valence-corrected chi connectivity index (χ1v) is 19.4. The molecule has 2 saturated heterocycles. The van der Waals surface area contributed by atoms with Crippen LogP contribution in [-0.2, 0) is 22.6 Å². The van der Waals surface area contributed by atoms with Gasteiger partial charge in [-0.1, -0.05) is 29.8 Å². The predicted molar refractivity (Wildman–Crippen MR) is 209 cm³/mol. The van der Waals surface area contributed by atoms with Crippen molar-refractivity contribution in [2.45, 2.75) is 63.0 Å². The van der Waals surface area contributed by atoms with Crippen molar-refractivity contribution in [3.8, 4) is 17.0 Å². The largest absolute Gasteiger partial charge is 0.490 e. The van der Waals surface area contributed by atoms with Crippen LogP contribution in [-0.4, -0.2) is 80.9 Å². The van der Waals surface area contributed by atoms with Gasteiger partial charge >= 0.3 is 0 Å². The maximum atomic E-state index is 15.9. The molecule has 5 aromatic rings. The average Bonchev–Trinajstić information content (AvgIpc) is 3.81. The molecule has 3 fully saturated rings. The zero-order valence-corrected chi connectivity index (χ0v) is 31.9. The zero-order valence-electron chi connectivity index (χ0n) is 31.1. The van der Waals surface area contributed by atoms with Gasteiger partial charge in [0.2, 0.25) is 11.8 Å². The van der Waals surface area contributed by atoms with Gasteiger partial charge in [0.25, 0.3) is 11.8 Å². The number of fused-ring (bicyclic) bond motifs is 2. The third kappa shape index (κ3) is 6.52. The second-order valence-electron chi connectivity index (χ2n) is 15.5. The first-order valence-electron chi connectivity index (χ1n) is 19.0. The van der Waals surface area contributed by atoms with E-state index in [4.69, 9.17) is 32.2 Å². The van der Waals surface area contributed by atoms with Crippen molar-refractivity contribution < 1.29 is 27.9 Å². The highest BCUT2D eigenvalue weighted by Crippen LogP contribution is 2.54. The highest BCUT2D eigenvalue weighted by atomic mass is 35.5. The number of nitrogens with two attached hydrogens (primary N) is 1. The van der Waals surface area contributed by atoms with Crippen LogP contribution in [0.1, 0.15) is 65.2 Å². The molecule has 1 saturated carbocycles. The summed E-state index contributed by atoms with van der Waals surface area (Å²) in [5, 5.41) is 10.6. The minimum atomic E-state index is -2.92. The number of alkyl halides is 2. The molecule has 2 aromatic carbocycles. The summed E-state index contributed by atoms with van der Waals surface area (Å²) < 4.78 is 39.3. The SMILES string of the molecule is CNc1cc(N2CCc3c(-c4ccc(CN5CC6(CCC(Oc7ccc(Cl)c(C8CCC(=O)NC8=O)c7)CC6(F)F)C5)cn4)cccc32)nn2c(C(N)=O)cnc12. The zero-order chi connectivity index (χ0) is 39.6. The number of imidazole rings is 1. The predicted octanol–water partition coefficient (Wildman–Crippen LogP) is 5.87. The van der Waals surface area contributed by atoms with Crippen molar-refractivity contribution in [1.29, 1.82) is 0 Å². The van der Waals surface area contributed by atoms with E-state index in [-0.39, 0.29) is 31.1 Å². The van der Waals surface area contributed by atoms with Crippen LogP contribution in [0.4, 0.5) is 26.0 Å². The summed E-state index contributed by atoms with van der Waals surface area (Å²) in [6.07, 6.45) is 4.26. The van der Waals surface area contributed by atoms with Crippen LogP contribution in [0, 0.1) is 5.41 Å². The molecular formula is C41H40ClF2N9O4. The number of piperidine rings is 1. The van der Waals surface area contributed by atoms with Crippen molar-refractivity contribution in [1.82, 2.24) is 29.8 Å². The molecule has 3 amide bonds. The van der Waals surface area contributed by atoms with Gasteiger partial charge in [0, 0.05) is 74.6 Å². The van der Waals surface area contributed by atoms with E-state index >= 15 is 8.78 Å². The van der Waals surface area contributed by atoms with Crippen LogP contribution in [0.5, 0.6) is 5.75 Å². The number of ether oxygens (including phenoxy) is 1. The lowest BCUT2D eigenvalue weighted by atomic mass is 9.65. The number of primary amides is 1. The number of hydrogen-bond donors (Lipinski definition) is 3. The van der Waals surface area contributed by atoms with E-state index in [2.05, 4.69) is 20.5 Å². The lowest BCUT2D eigenvalue weighted by Crippen LogP contribution is -2.66. The minimum absolute atomic E-state index is 0.194. The van der Waals surface area contributed by atoms with Gasteiger partial charge < -0.3 is 20.7 Å². The molecule has 3 aliphatic heterocycles. The Kier molecular flexibility index (Phi) is 9.11. The number of carbonyl (C=O) groups excluding carboxylic acids is 3. The molecule has 1 spiro atoms. The summed E-state index contributed by atoms with van der Waals surface area (Å²) in [4.78, 5) is 49.4. The van der Waals surface area contributed by atoms with Gasteiger partial charge in [0.05, 0.1) is 28.9 Å². The van der Waals surface area contributed by atoms with Gasteiger partial charge in [-0.25, -0.2) is 18.3 Å². The van der Waals surface area contributed by atoms with Crippen LogP contribution in [0.15, 0.2) is 67.0 Å². The molecule has 3 aromatic heterocycles. The van der Waals surface area contributed by atoms with Crippen molar-refractivity contribution in [3.63, 3.8) is 0 Å². The number of aromatic nitrogens is 4. The van der Waals surface area contributed by atoms with E-state index in [1.807, 2.05) is 47.5 Å². The van der Waals surface area contributed by atoms with Crippen LogP contribution in [0.3, 0.4) is 0 Å². The minimum Gasteiger partial charge on any atom is -0.490 e. The van der Waals surface area contributed by atoms with Gasteiger partial charge in [-0.3, -0.25) is 29.6 Å². The maximum Gasteiger partial charge on any atom is 0.269 e. The standard InChI is InChI=1S/C41H40ClF2N9O4/c1-46-32-16-35(50-53-34(37(45)55)19-48-38(32)53)52-14-12-27-26(3-2-4-33(27)52)31-9-5-23(18-47-31)20-51-21-40(22-51)13-11-25(17-41(40,43)44)57-24-6-8-30(42)29(15-24)28-7-10-36(54)49-39(28)56/h2-6,8-9,15-16,18-19,25,28,46H,7,10-14,17,20-22H2,1H3,(H2,45,55)(H,49,54,56). The molecule has 57 heavy (non-hydrogen) atoms. The van der Waals surface area contributed by atoms with Gasteiger partial charge in [-0.2, -0.15) is 0 Å². The van der Waals surface area contributed by atoms with Crippen LogP contribution in [0.25, 0.3) is 16.9 Å². The van der Waals surface area contributed by atoms with Crippen LogP contribution < -0.4 is 26.0 Å². The molecule has 294 valence electrons. The molecular weight excluding hydrogens is 756 g/mol. The molecule has 13 nitrogen and oxygen atoms in total. The maximum absolute atomic E-state index is 15.9. The van der Waals surface area contributed by atoms with Crippen LogP contribution >= 0.6 is 11.6 Å². The number of carbonyl (C=O) groups is 3. The molecule has 1 aliphatic carbocycles. The summed E-state index contributed by atoms with van der Waals surface area (Å²) in [6, 6.07) is 16.9. The van der Waals surface area contributed by atoms with Gasteiger partial charge in [0.1, 0.15) is 17.5 Å². The van der Waals surface area contributed by atoms with Gasteiger partial charge in [-0.05, 0) is 72.7 Å². The number of benzene rings is 2. The van der Waals surface area contributed by atoms with Gasteiger partial charge in [-0.15, -0.1) is 5.10 Å². The number of hydrogen-bond acceptors (Lipinski definition) is 10. The lowest BCUT2D eigenvalue weighted by Gasteiger charge is -2.57. The number of anilines is 3. The van der Waals surface area contributed by atoms with E-state index in [1.165, 1.54) is 10.7 Å². The lowest BCUT2D eigenvalue weighted by molar-refractivity contribution is -0.228. The Morgan fingerprint density at radius 3 is 2.65 bits per heavy atom. The molecule has 4 N–H and O–H groups in total. The topological polar surface area (TPSA) is 160 Å². The van der Waals surface area contributed by atoms with Crippen molar-refractivity contribution in [2.75, 3.05) is 36.9 Å². The number of nitrogens with zero attached hydrogens (tertiary/aromatic N) is 6. The highest BCUT2D eigenvalue weighted by Gasteiger charge is 2.62. The van der Waals surface area contributed by atoms with Crippen molar-refractivity contribution >= 4 is 52.2 Å². The first kappa shape index (κ1) is 36.9. The Balaban J connectivity index is 0.837. The van der Waals surface area contributed by atoms with Crippen LogP contribution in [0.2, 0.25) is 5.02 Å². The van der Waals surface area contributed by atoms with Crippen molar-refractivity contribution in [2.24, 2.45) is 11.1 Å². The molecule has 9 rings (SSSR count). The van der Waals surface area contributed by atoms with E-state index in [1.54, 1.807) is 25.2 Å². The van der Waals surface area contributed by atoms with E-state index in [9.17, 15) is 14.4 Å².